The molecule has 0 spiro atoms. The molecule has 1 heterocycles. The first-order valence-electron chi connectivity index (χ1n) is 10.5. The fraction of sp³-hybridized carbons (Fsp3) is 0.192. The van der Waals surface area contributed by atoms with E-state index in [-0.39, 0.29) is 12.0 Å². The number of hydrogen-bond acceptors (Lipinski definition) is 5. The SMILES string of the molecule is CN(C)c1ccc(-c2ccc([C@@]3(O)C[C@H](c4ccc(C#N)cc4F)N/C3=C\NI)cc2)cc1. The van der Waals surface area contributed by atoms with Crippen LogP contribution in [-0.4, -0.2) is 19.2 Å². The first-order chi connectivity index (χ1) is 15.9. The average Bonchev–Trinajstić information content (AvgIpc) is 3.16. The summed E-state index contributed by atoms with van der Waals surface area (Å²) < 4.78 is 17.6. The Morgan fingerprint density at radius 1 is 1.12 bits per heavy atom. The van der Waals surface area contributed by atoms with Gasteiger partial charge >= 0.3 is 0 Å². The van der Waals surface area contributed by atoms with Crippen LogP contribution in [-0.2, 0) is 5.60 Å². The van der Waals surface area contributed by atoms with Gasteiger partial charge in [-0.2, -0.15) is 5.26 Å². The van der Waals surface area contributed by atoms with Gasteiger partial charge in [0.1, 0.15) is 11.4 Å². The smallest absolute Gasteiger partial charge is 0.133 e. The van der Waals surface area contributed by atoms with E-state index in [1.165, 1.54) is 6.07 Å². The fourth-order valence-electron chi connectivity index (χ4n) is 4.21. The highest BCUT2D eigenvalue weighted by Crippen LogP contribution is 2.44. The van der Waals surface area contributed by atoms with Crippen molar-refractivity contribution in [1.29, 1.82) is 5.26 Å². The summed E-state index contributed by atoms with van der Waals surface area (Å²) in [6.45, 7) is 0. The number of nitrogens with one attached hydrogen (secondary N) is 2. The third-order valence-corrected chi connectivity index (χ3v) is 6.37. The van der Waals surface area contributed by atoms with Gasteiger partial charge < -0.3 is 18.9 Å². The zero-order valence-electron chi connectivity index (χ0n) is 18.3. The number of rotatable bonds is 5. The van der Waals surface area contributed by atoms with Crippen molar-refractivity contribution in [3.05, 3.63) is 101 Å². The monoisotopic (exact) mass is 554 g/mol. The molecule has 168 valence electrons. The van der Waals surface area contributed by atoms with Crippen LogP contribution < -0.4 is 13.7 Å². The molecule has 0 bridgehead atoms. The van der Waals surface area contributed by atoms with E-state index in [0.29, 0.717) is 11.3 Å². The van der Waals surface area contributed by atoms with Crippen molar-refractivity contribution in [1.82, 2.24) is 8.85 Å². The Hall–Kier alpha value is -3.09. The molecule has 1 aliphatic rings. The Kier molecular flexibility index (Phi) is 6.58. The lowest BCUT2D eigenvalue weighted by atomic mass is 9.86. The second-order valence-electron chi connectivity index (χ2n) is 8.30. The summed E-state index contributed by atoms with van der Waals surface area (Å²) in [6, 6.07) is 22.0. The molecule has 33 heavy (non-hydrogen) atoms. The van der Waals surface area contributed by atoms with E-state index >= 15 is 0 Å². The van der Waals surface area contributed by atoms with Gasteiger partial charge in [0.15, 0.2) is 0 Å². The Morgan fingerprint density at radius 2 is 1.76 bits per heavy atom. The van der Waals surface area contributed by atoms with Gasteiger partial charge in [0.05, 0.1) is 46.2 Å². The van der Waals surface area contributed by atoms with E-state index in [2.05, 4.69) is 38.0 Å². The summed E-state index contributed by atoms with van der Waals surface area (Å²) in [7, 11) is 4.01. The van der Waals surface area contributed by atoms with Crippen LogP contribution in [0, 0.1) is 17.1 Å². The lowest BCUT2D eigenvalue weighted by Gasteiger charge is -2.24. The molecule has 1 fully saturated rings. The molecular formula is C26H24FIN4O. The minimum absolute atomic E-state index is 0.261. The number of nitriles is 1. The first-order valence-corrected chi connectivity index (χ1v) is 11.6. The van der Waals surface area contributed by atoms with Gasteiger partial charge in [-0.15, -0.1) is 0 Å². The summed E-state index contributed by atoms with van der Waals surface area (Å²) in [6.07, 6.45) is 1.95. The van der Waals surface area contributed by atoms with Gasteiger partial charge in [-0.3, -0.25) is 0 Å². The van der Waals surface area contributed by atoms with Crippen LogP contribution in [0.4, 0.5) is 10.1 Å². The molecule has 3 N–H and O–H groups in total. The quantitative estimate of drug-likeness (QED) is 0.301. The Labute approximate surface area is 207 Å². The number of nitrogens with zero attached hydrogens (tertiary/aromatic N) is 2. The zero-order valence-corrected chi connectivity index (χ0v) is 20.5. The number of anilines is 1. The first kappa shape index (κ1) is 23.1. The minimum atomic E-state index is -1.31. The largest absolute Gasteiger partial charge is 0.379 e. The van der Waals surface area contributed by atoms with Crippen molar-refractivity contribution in [2.24, 2.45) is 0 Å². The molecule has 1 saturated heterocycles. The van der Waals surface area contributed by atoms with Gasteiger partial charge in [0, 0.05) is 38.0 Å². The van der Waals surface area contributed by atoms with Gasteiger partial charge in [-0.1, -0.05) is 42.5 Å². The summed E-state index contributed by atoms with van der Waals surface area (Å²) in [5.41, 5.74) is 3.93. The van der Waals surface area contributed by atoms with Gasteiger partial charge in [-0.25, -0.2) is 4.39 Å². The Bertz CT molecular complexity index is 1220. The summed E-state index contributed by atoms with van der Waals surface area (Å²) in [5.74, 6) is -0.464. The fourth-order valence-corrected chi connectivity index (χ4v) is 4.52. The maximum Gasteiger partial charge on any atom is 0.133 e. The molecule has 0 saturated carbocycles. The standard InChI is InChI=1S/C26H24FIN4O/c1-32(2)21-10-6-19(7-11-21)18-4-8-20(9-5-18)26(33)14-24(31-25(26)16-30-28)22-12-3-17(15-29)13-23(22)27/h3-13,16,24,30-31,33H,14H2,1-2H3/b25-16-/t24-,26+/m1/s1. The molecule has 1 aliphatic heterocycles. The molecule has 3 aromatic carbocycles. The second-order valence-corrected chi connectivity index (χ2v) is 8.92. The highest BCUT2D eigenvalue weighted by atomic mass is 127. The van der Waals surface area contributed by atoms with Gasteiger partial charge in [-0.05, 0) is 41.0 Å². The average molecular weight is 554 g/mol. The molecular weight excluding hydrogens is 530 g/mol. The van der Waals surface area contributed by atoms with Crippen LogP contribution in [0.15, 0.2) is 78.6 Å². The van der Waals surface area contributed by atoms with Crippen LogP contribution in [0.25, 0.3) is 11.1 Å². The molecule has 3 aromatic rings. The normalized spacial score (nSPS) is 20.8. The van der Waals surface area contributed by atoms with E-state index in [9.17, 15) is 9.50 Å². The number of hydrogen-bond donors (Lipinski definition) is 3. The van der Waals surface area contributed by atoms with Crippen LogP contribution in [0.2, 0.25) is 0 Å². The maximum atomic E-state index is 14.7. The minimum Gasteiger partial charge on any atom is -0.379 e. The van der Waals surface area contributed by atoms with E-state index in [0.717, 1.165) is 22.4 Å². The number of aliphatic hydroxyl groups is 1. The van der Waals surface area contributed by atoms with Crippen molar-refractivity contribution in [3.8, 4) is 17.2 Å². The number of halogens is 2. The molecule has 2 atom stereocenters. The highest BCUT2D eigenvalue weighted by molar-refractivity contribution is 14.1. The van der Waals surface area contributed by atoms with Crippen molar-refractivity contribution in [3.63, 3.8) is 0 Å². The van der Waals surface area contributed by atoms with E-state index in [1.807, 2.05) is 67.3 Å². The van der Waals surface area contributed by atoms with E-state index in [1.54, 1.807) is 18.3 Å². The van der Waals surface area contributed by atoms with Crippen LogP contribution in [0.1, 0.15) is 29.2 Å². The Balaban J connectivity index is 1.63. The summed E-state index contributed by atoms with van der Waals surface area (Å²) in [5, 5.41) is 23.9. The molecule has 0 unspecified atom stereocenters. The molecule has 4 rings (SSSR count). The number of benzene rings is 3. The zero-order chi connectivity index (χ0) is 23.6. The van der Waals surface area contributed by atoms with Crippen molar-refractivity contribution >= 4 is 28.6 Å². The van der Waals surface area contributed by atoms with Crippen molar-refractivity contribution < 1.29 is 9.50 Å². The molecule has 5 nitrogen and oxygen atoms in total. The molecule has 0 amide bonds. The predicted molar refractivity (Wildman–Crippen MR) is 137 cm³/mol. The molecule has 0 aromatic heterocycles. The van der Waals surface area contributed by atoms with Crippen LogP contribution >= 0.6 is 22.9 Å². The lowest BCUT2D eigenvalue weighted by Crippen LogP contribution is -2.27. The maximum absolute atomic E-state index is 14.7. The lowest BCUT2D eigenvalue weighted by molar-refractivity contribution is 0.0798. The topological polar surface area (TPSA) is 71.3 Å². The van der Waals surface area contributed by atoms with Crippen molar-refractivity contribution in [2.45, 2.75) is 18.1 Å². The molecule has 0 radical (unpaired) electrons. The second kappa shape index (κ2) is 9.41. The molecule has 0 aliphatic carbocycles. The Morgan fingerprint density at radius 3 is 2.30 bits per heavy atom. The van der Waals surface area contributed by atoms with Gasteiger partial charge in [0.25, 0.3) is 0 Å². The van der Waals surface area contributed by atoms with E-state index in [4.69, 9.17) is 5.26 Å². The van der Waals surface area contributed by atoms with Gasteiger partial charge in [0.2, 0.25) is 0 Å². The third kappa shape index (κ3) is 4.54. The highest BCUT2D eigenvalue weighted by Gasteiger charge is 2.44. The third-order valence-electron chi connectivity index (χ3n) is 6.06. The molecule has 7 heteroatoms. The van der Waals surface area contributed by atoms with E-state index < -0.39 is 17.5 Å². The van der Waals surface area contributed by atoms with Crippen LogP contribution in [0.5, 0.6) is 0 Å². The van der Waals surface area contributed by atoms with Crippen LogP contribution in [0.3, 0.4) is 0 Å². The predicted octanol–water partition coefficient (Wildman–Crippen LogP) is 5.13. The van der Waals surface area contributed by atoms with Crippen molar-refractivity contribution in [2.75, 3.05) is 19.0 Å². The summed E-state index contributed by atoms with van der Waals surface area (Å²) >= 11 is 1.98. The summed E-state index contributed by atoms with van der Waals surface area (Å²) in [4.78, 5) is 2.05.